The van der Waals surface area contributed by atoms with Gasteiger partial charge in [-0.25, -0.2) is 0 Å². The number of rotatable bonds is 5. The van der Waals surface area contributed by atoms with E-state index in [1.54, 1.807) is 0 Å². The summed E-state index contributed by atoms with van der Waals surface area (Å²) in [7, 11) is 0. The Labute approximate surface area is 121 Å². The van der Waals surface area contributed by atoms with Gasteiger partial charge in [-0.3, -0.25) is 4.68 Å². The SMILES string of the molecule is CSC1(CNCc2cnn(C(C)(C)C)c2)CCCC1. The normalized spacial score (nSPS) is 18.9. The van der Waals surface area contributed by atoms with E-state index in [9.17, 15) is 0 Å². The fourth-order valence-corrected chi connectivity index (χ4v) is 3.67. The first-order valence-corrected chi connectivity index (χ1v) is 8.48. The molecule has 108 valence electrons. The zero-order valence-electron chi connectivity index (χ0n) is 12.7. The molecule has 1 fully saturated rings. The monoisotopic (exact) mass is 281 g/mol. The Bertz CT molecular complexity index is 400. The number of nitrogens with zero attached hydrogens (tertiary/aromatic N) is 2. The average Bonchev–Trinajstić information content (AvgIpc) is 2.97. The highest BCUT2D eigenvalue weighted by Gasteiger charge is 2.32. The van der Waals surface area contributed by atoms with Gasteiger partial charge in [0, 0.05) is 29.6 Å². The minimum absolute atomic E-state index is 0.0736. The molecule has 0 aromatic carbocycles. The Morgan fingerprint density at radius 3 is 2.58 bits per heavy atom. The van der Waals surface area contributed by atoms with Crippen LogP contribution in [0.2, 0.25) is 0 Å². The first kappa shape index (κ1) is 14.9. The molecule has 2 rings (SSSR count). The smallest absolute Gasteiger partial charge is 0.0543 e. The zero-order chi connectivity index (χ0) is 13.9. The fourth-order valence-electron chi connectivity index (χ4n) is 2.73. The molecule has 1 N–H and O–H groups in total. The van der Waals surface area contributed by atoms with Crippen LogP contribution in [0.15, 0.2) is 12.4 Å². The fraction of sp³-hybridized carbons (Fsp3) is 0.800. The molecule has 1 aliphatic carbocycles. The summed E-state index contributed by atoms with van der Waals surface area (Å²) in [6.07, 6.45) is 11.9. The van der Waals surface area contributed by atoms with Gasteiger partial charge in [0.1, 0.15) is 0 Å². The van der Waals surface area contributed by atoms with Crippen molar-refractivity contribution in [3.63, 3.8) is 0 Å². The van der Waals surface area contributed by atoms with Gasteiger partial charge in [-0.05, 0) is 39.9 Å². The van der Waals surface area contributed by atoms with E-state index in [2.05, 4.69) is 43.6 Å². The third kappa shape index (κ3) is 3.76. The summed E-state index contributed by atoms with van der Waals surface area (Å²) < 4.78 is 2.53. The molecule has 1 saturated carbocycles. The van der Waals surface area contributed by atoms with Gasteiger partial charge in [0.15, 0.2) is 0 Å². The van der Waals surface area contributed by atoms with E-state index >= 15 is 0 Å². The Hall–Kier alpha value is -0.480. The molecule has 0 atom stereocenters. The highest BCUT2D eigenvalue weighted by atomic mass is 32.2. The van der Waals surface area contributed by atoms with Crippen LogP contribution in [0.4, 0.5) is 0 Å². The van der Waals surface area contributed by atoms with Crippen LogP contribution >= 0.6 is 11.8 Å². The maximum atomic E-state index is 4.45. The quantitative estimate of drug-likeness (QED) is 0.897. The van der Waals surface area contributed by atoms with Crippen LogP contribution in [0.3, 0.4) is 0 Å². The average molecular weight is 281 g/mol. The standard InChI is InChI=1S/C15H27N3S/c1-14(2,3)18-11-13(10-17-18)9-16-12-15(19-4)7-5-6-8-15/h10-11,16H,5-9,12H2,1-4H3. The molecule has 0 spiro atoms. The second-order valence-corrected chi connectivity index (χ2v) is 7.94. The molecule has 19 heavy (non-hydrogen) atoms. The van der Waals surface area contributed by atoms with Crippen LogP contribution in [-0.4, -0.2) is 27.3 Å². The lowest BCUT2D eigenvalue weighted by Crippen LogP contribution is -2.34. The first-order chi connectivity index (χ1) is 8.95. The summed E-state index contributed by atoms with van der Waals surface area (Å²) in [4.78, 5) is 0. The predicted molar refractivity (Wildman–Crippen MR) is 83.6 cm³/mol. The molecule has 0 saturated heterocycles. The lowest BCUT2D eigenvalue weighted by Gasteiger charge is -2.27. The van der Waals surface area contributed by atoms with E-state index in [0.717, 1.165) is 13.1 Å². The molecular formula is C15H27N3S. The minimum Gasteiger partial charge on any atom is -0.311 e. The van der Waals surface area contributed by atoms with Gasteiger partial charge in [0.25, 0.3) is 0 Å². The molecular weight excluding hydrogens is 254 g/mol. The maximum absolute atomic E-state index is 4.45. The lowest BCUT2D eigenvalue weighted by atomic mass is 10.1. The van der Waals surface area contributed by atoms with Crippen LogP contribution < -0.4 is 5.32 Å². The molecule has 0 unspecified atom stereocenters. The Kier molecular flexibility index (Phi) is 4.62. The number of nitrogens with one attached hydrogen (secondary N) is 1. The van der Waals surface area contributed by atoms with Crippen molar-refractivity contribution in [3.8, 4) is 0 Å². The number of thioether (sulfide) groups is 1. The molecule has 0 bridgehead atoms. The highest BCUT2D eigenvalue weighted by molar-refractivity contribution is 8.00. The second-order valence-electron chi connectivity index (χ2n) is 6.66. The van der Waals surface area contributed by atoms with Crippen LogP contribution in [-0.2, 0) is 12.1 Å². The molecule has 1 aromatic heterocycles. The summed E-state index contributed by atoms with van der Waals surface area (Å²) in [6, 6.07) is 0. The van der Waals surface area contributed by atoms with Crippen molar-refractivity contribution in [2.75, 3.05) is 12.8 Å². The van der Waals surface area contributed by atoms with Gasteiger partial charge in [0.2, 0.25) is 0 Å². The predicted octanol–water partition coefficient (Wildman–Crippen LogP) is 3.40. The Balaban J connectivity index is 1.84. The molecule has 0 amide bonds. The third-order valence-electron chi connectivity index (χ3n) is 4.05. The number of hydrogen-bond donors (Lipinski definition) is 1. The van der Waals surface area contributed by atoms with Crippen LogP contribution in [0, 0.1) is 0 Å². The van der Waals surface area contributed by atoms with Crippen molar-refractivity contribution in [2.24, 2.45) is 0 Å². The van der Waals surface area contributed by atoms with Crippen LogP contribution in [0.25, 0.3) is 0 Å². The largest absolute Gasteiger partial charge is 0.311 e. The van der Waals surface area contributed by atoms with Gasteiger partial charge >= 0.3 is 0 Å². The first-order valence-electron chi connectivity index (χ1n) is 7.25. The summed E-state index contributed by atoms with van der Waals surface area (Å²) in [5.74, 6) is 0. The Morgan fingerprint density at radius 1 is 1.37 bits per heavy atom. The minimum atomic E-state index is 0.0736. The van der Waals surface area contributed by atoms with E-state index in [4.69, 9.17) is 0 Å². The summed E-state index contributed by atoms with van der Waals surface area (Å²) in [5, 5.41) is 8.07. The van der Waals surface area contributed by atoms with E-state index in [1.165, 1.54) is 31.2 Å². The van der Waals surface area contributed by atoms with Gasteiger partial charge in [-0.15, -0.1) is 0 Å². The highest BCUT2D eigenvalue weighted by Crippen LogP contribution is 2.39. The zero-order valence-corrected chi connectivity index (χ0v) is 13.5. The van der Waals surface area contributed by atoms with E-state index in [1.807, 2.05) is 22.6 Å². The van der Waals surface area contributed by atoms with E-state index in [0.29, 0.717) is 4.75 Å². The van der Waals surface area contributed by atoms with Crippen molar-refractivity contribution >= 4 is 11.8 Å². The molecule has 4 heteroatoms. The van der Waals surface area contributed by atoms with Gasteiger partial charge in [0.05, 0.1) is 11.7 Å². The van der Waals surface area contributed by atoms with Crippen LogP contribution in [0.1, 0.15) is 52.0 Å². The molecule has 1 aliphatic rings. The summed E-state index contributed by atoms with van der Waals surface area (Å²) in [6.45, 7) is 8.59. The number of aromatic nitrogens is 2. The topological polar surface area (TPSA) is 29.9 Å². The third-order valence-corrected chi connectivity index (χ3v) is 5.47. The van der Waals surface area contributed by atoms with Crippen LogP contribution in [0.5, 0.6) is 0 Å². The van der Waals surface area contributed by atoms with Gasteiger partial charge < -0.3 is 5.32 Å². The number of hydrogen-bond acceptors (Lipinski definition) is 3. The molecule has 0 radical (unpaired) electrons. The lowest BCUT2D eigenvalue weighted by molar-refractivity contribution is 0.355. The van der Waals surface area contributed by atoms with Crippen molar-refractivity contribution in [3.05, 3.63) is 18.0 Å². The van der Waals surface area contributed by atoms with Crippen molar-refractivity contribution in [2.45, 2.75) is 63.3 Å². The molecule has 3 nitrogen and oxygen atoms in total. The maximum Gasteiger partial charge on any atom is 0.0543 e. The summed E-state index contributed by atoms with van der Waals surface area (Å²) >= 11 is 2.04. The second kappa shape index (κ2) is 5.88. The van der Waals surface area contributed by atoms with Crippen molar-refractivity contribution in [1.82, 2.24) is 15.1 Å². The molecule has 1 heterocycles. The van der Waals surface area contributed by atoms with E-state index < -0.39 is 0 Å². The van der Waals surface area contributed by atoms with Gasteiger partial charge in [-0.1, -0.05) is 12.8 Å². The molecule has 0 aliphatic heterocycles. The molecule has 1 aromatic rings. The van der Waals surface area contributed by atoms with E-state index in [-0.39, 0.29) is 5.54 Å². The van der Waals surface area contributed by atoms with Crippen molar-refractivity contribution in [1.29, 1.82) is 0 Å². The summed E-state index contributed by atoms with van der Waals surface area (Å²) in [5.41, 5.74) is 1.36. The Morgan fingerprint density at radius 2 is 2.05 bits per heavy atom. The van der Waals surface area contributed by atoms with Crippen molar-refractivity contribution < 1.29 is 0 Å². The van der Waals surface area contributed by atoms with Gasteiger partial charge in [-0.2, -0.15) is 16.9 Å².